The Balaban J connectivity index is 1.89. The SMILES string of the molecule is CCCC(C)C1=CCC(C)(CN2CSC2)C=C1. The number of thioether (sulfide) groups is 1. The van der Waals surface area contributed by atoms with E-state index < -0.39 is 0 Å². The highest BCUT2D eigenvalue weighted by molar-refractivity contribution is 8.00. The first-order valence-electron chi connectivity index (χ1n) is 6.82. The molecule has 2 unspecified atom stereocenters. The highest BCUT2D eigenvalue weighted by Gasteiger charge is 2.28. The third-order valence-electron chi connectivity index (χ3n) is 3.91. The number of allylic oxidation sites excluding steroid dienone is 3. The summed E-state index contributed by atoms with van der Waals surface area (Å²) in [5.41, 5.74) is 1.93. The quantitative estimate of drug-likeness (QED) is 0.717. The Labute approximate surface area is 110 Å². The van der Waals surface area contributed by atoms with Gasteiger partial charge in [0, 0.05) is 23.7 Å². The van der Waals surface area contributed by atoms with Crippen molar-refractivity contribution in [1.29, 1.82) is 0 Å². The monoisotopic (exact) mass is 251 g/mol. The maximum Gasteiger partial charge on any atom is 0.0465 e. The van der Waals surface area contributed by atoms with Gasteiger partial charge >= 0.3 is 0 Å². The summed E-state index contributed by atoms with van der Waals surface area (Å²) in [6.45, 7) is 8.25. The van der Waals surface area contributed by atoms with E-state index in [1.165, 1.54) is 37.6 Å². The van der Waals surface area contributed by atoms with Crippen LogP contribution in [0.4, 0.5) is 0 Å². The average Bonchev–Trinajstić information content (AvgIpc) is 2.25. The van der Waals surface area contributed by atoms with Gasteiger partial charge in [0.2, 0.25) is 0 Å². The molecule has 2 heteroatoms. The molecule has 2 rings (SSSR count). The lowest BCUT2D eigenvalue weighted by molar-refractivity contribution is 0.240. The van der Waals surface area contributed by atoms with Crippen molar-refractivity contribution < 1.29 is 0 Å². The first-order valence-corrected chi connectivity index (χ1v) is 7.98. The van der Waals surface area contributed by atoms with Gasteiger partial charge in [-0.2, -0.15) is 0 Å². The zero-order valence-corrected chi connectivity index (χ0v) is 12.2. The predicted molar refractivity (Wildman–Crippen MR) is 78.1 cm³/mol. The Morgan fingerprint density at radius 1 is 1.47 bits per heavy atom. The van der Waals surface area contributed by atoms with Gasteiger partial charge in [0.05, 0.1) is 0 Å². The van der Waals surface area contributed by atoms with Gasteiger partial charge in [-0.25, -0.2) is 0 Å². The summed E-state index contributed by atoms with van der Waals surface area (Å²) >= 11 is 2.03. The lowest BCUT2D eigenvalue weighted by atomic mass is 9.79. The van der Waals surface area contributed by atoms with Crippen molar-refractivity contribution in [3.05, 3.63) is 23.8 Å². The first kappa shape index (κ1) is 13.2. The van der Waals surface area contributed by atoms with Crippen molar-refractivity contribution in [3.63, 3.8) is 0 Å². The molecule has 0 aromatic heterocycles. The van der Waals surface area contributed by atoms with Gasteiger partial charge in [0.15, 0.2) is 0 Å². The molecule has 0 amide bonds. The number of hydrogen-bond donors (Lipinski definition) is 0. The lowest BCUT2D eigenvalue weighted by Crippen LogP contribution is -2.40. The molecule has 0 aromatic carbocycles. The van der Waals surface area contributed by atoms with Crippen LogP contribution < -0.4 is 0 Å². The van der Waals surface area contributed by atoms with Gasteiger partial charge in [0.1, 0.15) is 0 Å². The third kappa shape index (κ3) is 3.38. The number of hydrogen-bond acceptors (Lipinski definition) is 2. The first-order chi connectivity index (χ1) is 8.13. The second-order valence-corrected chi connectivity index (χ2v) is 6.80. The van der Waals surface area contributed by atoms with Gasteiger partial charge < -0.3 is 0 Å². The van der Waals surface area contributed by atoms with E-state index in [0.717, 1.165) is 5.92 Å². The number of nitrogens with zero attached hydrogens (tertiary/aromatic N) is 1. The van der Waals surface area contributed by atoms with Gasteiger partial charge in [-0.3, -0.25) is 4.90 Å². The Hall–Kier alpha value is -0.210. The molecule has 2 aliphatic rings. The van der Waals surface area contributed by atoms with Crippen molar-refractivity contribution >= 4 is 11.8 Å². The van der Waals surface area contributed by atoms with Crippen LogP contribution in [0.2, 0.25) is 0 Å². The average molecular weight is 251 g/mol. The summed E-state index contributed by atoms with van der Waals surface area (Å²) in [4.78, 5) is 2.54. The van der Waals surface area contributed by atoms with Crippen molar-refractivity contribution in [1.82, 2.24) is 4.90 Å². The van der Waals surface area contributed by atoms with Crippen LogP contribution in [0, 0.1) is 11.3 Å². The van der Waals surface area contributed by atoms with Gasteiger partial charge in [-0.05, 0) is 24.3 Å². The smallest absolute Gasteiger partial charge is 0.0465 e. The van der Waals surface area contributed by atoms with E-state index in [-0.39, 0.29) is 0 Å². The van der Waals surface area contributed by atoms with Crippen molar-refractivity contribution in [2.75, 3.05) is 18.3 Å². The summed E-state index contributed by atoms with van der Waals surface area (Å²) in [7, 11) is 0. The second-order valence-electron chi connectivity index (χ2n) is 5.88. The van der Waals surface area contributed by atoms with E-state index in [2.05, 4.69) is 43.9 Å². The van der Waals surface area contributed by atoms with E-state index >= 15 is 0 Å². The van der Waals surface area contributed by atoms with Crippen LogP contribution >= 0.6 is 11.8 Å². The molecule has 1 heterocycles. The fraction of sp³-hybridized carbons (Fsp3) is 0.733. The Morgan fingerprint density at radius 2 is 2.24 bits per heavy atom. The predicted octanol–water partition coefficient (Wildman–Crippen LogP) is 4.28. The molecule has 0 bridgehead atoms. The zero-order valence-electron chi connectivity index (χ0n) is 11.4. The molecular weight excluding hydrogens is 226 g/mol. The minimum atomic E-state index is 0.371. The van der Waals surface area contributed by atoms with Crippen molar-refractivity contribution in [2.45, 2.75) is 40.0 Å². The summed E-state index contributed by atoms with van der Waals surface area (Å²) in [6, 6.07) is 0. The molecule has 1 nitrogen and oxygen atoms in total. The van der Waals surface area contributed by atoms with Crippen LogP contribution in [0.15, 0.2) is 23.8 Å². The summed E-state index contributed by atoms with van der Waals surface area (Å²) in [6.07, 6.45) is 11.1. The van der Waals surface area contributed by atoms with Gasteiger partial charge in [0.25, 0.3) is 0 Å². The van der Waals surface area contributed by atoms with Crippen LogP contribution in [0.5, 0.6) is 0 Å². The fourth-order valence-electron chi connectivity index (χ4n) is 2.69. The summed E-state index contributed by atoms with van der Waals surface area (Å²) in [5, 5.41) is 0. The normalized spacial score (nSPS) is 30.9. The lowest BCUT2D eigenvalue weighted by Gasteiger charge is -2.39. The van der Waals surface area contributed by atoms with E-state index in [4.69, 9.17) is 0 Å². The molecule has 2 atom stereocenters. The molecule has 17 heavy (non-hydrogen) atoms. The molecule has 96 valence electrons. The molecule has 1 fully saturated rings. The molecule has 0 radical (unpaired) electrons. The number of rotatable bonds is 5. The van der Waals surface area contributed by atoms with Crippen LogP contribution in [-0.2, 0) is 0 Å². The van der Waals surface area contributed by atoms with E-state index in [1.54, 1.807) is 5.57 Å². The van der Waals surface area contributed by atoms with Crippen molar-refractivity contribution in [2.24, 2.45) is 11.3 Å². The van der Waals surface area contributed by atoms with E-state index in [0.29, 0.717) is 5.41 Å². The summed E-state index contributed by atoms with van der Waals surface area (Å²) < 4.78 is 0. The van der Waals surface area contributed by atoms with Gasteiger partial charge in [-0.1, -0.05) is 45.4 Å². The standard InChI is InChI=1S/C15H25NS/c1-4-5-13(2)14-6-8-15(3,9-7-14)10-16-11-17-12-16/h6-8,13H,4-5,9-12H2,1-3H3. The Bertz CT molecular complexity index is 317. The molecule has 0 aromatic rings. The fourth-order valence-corrected chi connectivity index (χ4v) is 3.31. The second kappa shape index (κ2) is 5.62. The van der Waals surface area contributed by atoms with E-state index in [1.807, 2.05) is 11.8 Å². The Kier molecular flexibility index (Phi) is 4.37. The van der Waals surface area contributed by atoms with Crippen LogP contribution in [-0.4, -0.2) is 23.2 Å². The van der Waals surface area contributed by atoms with Crippen molar-refractivity contribution in [3.8, 4) is 0 Å². The molecule has 0 spiro atoms. The summed E-state index contributed by atoms with van der Waals surface area (Å²) in [5.74, 6) is 3.19. The Morgan fingerprint density at radius 3 is 2.71 bits per heavy atom. The van der Waals surface area contributed by atoms with Crippen LogP contribution in [0.3, 0.4) is 0 Å². The minimum absolute atomic E-state index is 0.371. The third-order valence-corrected chi connectivity index (χ3v) is 5.00. The molecule has 1 saturated heterocycles. The molecule has 1 aliphatic heterocycles. The molecule has 0 saturated carbocycles. The van der Waals surface area contributed by atoms with E-state index in [9.17, 15) is 0 Å². The van der Waals surface area contributed by atoms with Crippen LogP contribution in [0.25, 0.3) is 0 Å². The van der Waals surface area contributed by atoms with Crippen LogP contribution in [0.1, 0.15) is 40.0 Å². The largest absolute Gasteiger partial charge is 0.284 e. The maximum atomic E-state index is 2.54. The highest BCUT2D eigenvalue weighted by Crippen LogP contribution is 2.35. The zero-order chi connectivity index (χ0) is 12.3. The minimum Gasteiger partial charge on any atom is -0.284 e. The molecular formula is C15H25NS. The maximum absolute atomic E-state index is 2.54. The highest BCUT2D eigenvalue weighted by atomic mass is 32.2. The topological polar surface area (TPSA) is 3.24 Å². The van der Waals surface area contributed by atoms with Gasteiger partial charge in [-0.15, -0.1) is 11.8 Å². The molecule has 0 N–H and O–H groups in total. The molecule has 1 aliphatic carbocycles.